The molecule has 1 aliphatic heterocycles. The van der Waals surface area contributed by atoms with Crippen LogP contribution in [0.3, 0.4) is 0 Å². The molecule has 0 saturated carbocycles. The Kier molecular flexibility index (Phi) is 5.04. The standard InChI is InChI=1S/C20H17FN2O3/c1-22-12-16(9-14-5-4-7-18(10-14)23(25)26)20(24)17(13-22)11-15-6-2-3-8-19(15)21/h2-11H,12-13H2,1H3/b16-9+,17-11+. The predicted octanol–water partition coefficient (Wildman–Crippen LogP) is 3.72. The molecule has 1 aliphatic rings. The molecular formula is C20H17FN2O3. The van der Waals surface area contributed by atoms with Gasteiger partial charge in [-0.3, -0.25) is 19.8 Å². The molecule has 2 aromatic rings. The number of benzene rings is 2. The summed E-state index contributed by atoms with van der Waals surface area (Å²) in [5.41, 5.74) is 1.92. The van der Waals surface area contributed by atoms with Crippen LogP contribution < -0.4 is 0 Å². The minimum absolute atomic E-state index is 0.0296. The molecule has 0 N–H and O–H groups in total. The first-order valence-electron chi connectivity index (χ1n) is 8.07. The third-order valence-corrected chi connectivity index (χ3v) is 4.12. The summed E-state index contributed by atoms with van der Waals surface area (Å²) in [5.74, 6) is -0.553. The summed E-state index contributed by atoms with van der Waals surface area (Å²) < 4.78 is 13.9. The fraction of sp³-hybridized carbons (Fsp3) is 0.150. The van der Waals surface area contributed by atoms with Crippen molar-refractivity contribution in [1.82, 2.24) is 4.90 Å². The highest BCUT2D eigenvalue weighted by Crippen LogP contribution is 2.23. The number of piperidine rings is 1. The van der Waals surface area contributed by atoms with Gasteiger partial charge in [-0.2, -0.15) is 0 Å². The number of ketones is 1. The Morgan fingerprint density at radius 3 is 2.46 bits per heavy atom. The Labute approximate surface area is 150 Å². The molecular weight excluding hydrogens is 335 g/mol. The highest BCUT2D eigenvalue weighted by Gasteiger charge is 2.24. The zero-order valence-corrected chi connectivity index (χ0v) is 14.2. The fourth-order valence-electron chi connectivity index (χ4n) is 2.92. The van der Waals surface area contributed by atoms with Crippen molar-refractivity contribution in [3.63, 3.8) is 0 Å². The molecule has 1 heterocycles. The number of carbonyl (C=O) groups excluding carboxylic acids is 1. The first-order valence-corrected chi connectivity index (χ1v) is 8.07. The summed E-state index contributed by atoms with van der Waals surface area (Å²) in [5, 5.41) is 10.9. The van der Waals surface area contributed by atoms with Gasteiger partial charge < -0.3 is 0 Å². The number of Topliss-reactive ketones (excluding diaryl/α,β-unsaturated/α-hetero) is 1. The SMILES string of the molecule is CN1C/C(=C\c2cccc([N+](=O)[O-])c2)C(=O)/C(=C/c2ccccc2F)C1. The van der Waals surface area contributed by atoms with Gasteiger partial charge in [0.2, 0.25) is 0 Å². The Bertz CT molecular complexity index is 934. The van der Waals surface area contributed by atoms with Gasteiger partial charge in [-0.25, -0.2) is 4.39 Å². The van der Waals surface area contributed by atoms with Gasteiger partial charge in [-0.1, -0.05) is 30.3 Å². The Balaban J connectivity index is 1.96. The lowest BCUT2D eigenvalue weighted by atomic mass is 9.94. The summed E-state index contributed by atoms with van der Waals surface area (Å²) in [6.07, 6.45) is 3.22. The Morgan fingerprint density at radius 2 is 1.77 bits per heavy atom. The molecule has 1 fully saturated rings. The summed E-state index contributed by atoms with van der Waals surface area (Å²) in [4.78, 5) is 25.2. The smallest absolute Gasteiger partial charge is 0.270 e. The van der Waals surface area contributed by atoms with Crippen LogP contribution >= 0.6 is 0 Å². The number of nitrogens with zero attached hydrogens (tertiary/aromatic N) is 2. The van der Waals surface area contributed by atoms with Crippen molar-refractivity contribution in [3.8, 4) is 0 Å². The zero-order chi connectivity index (χ0) is 18.7. The monoisotopic (exact) mass is 352 g/mol. The van der Waals surface area contributed by atoms with E-state index in [0.29, 0.717) is 35.4 Å². The second-order valence-corrected chi connectivity index (χ2v) is 6.21. The van der Waals surface area contributed by atoms with Crippen molar-refractivity contribution < 1.29 is 14.1 Å². The highest BCUT2D eigenvalue weighted by atomic mass is 19.1. The van der Waals surface area contributed by atoms with Gasteiger partial charge in [0.05, 0.1) is 4.92 Å². The summed E-state index contributed by atoms with van der Waals surface area (Å²) >= 11 is 0. The molecule has 6 heteroatoms. The van der Waals surface area contributed by atoms with E-state index < -0.39 is 4.92 Å². The lowest BCUT2D eigenvalue weighted by molar-refractivity contribution is -0.384. The van der Waals surface area contributed by atoms with Crippen LogP contribution in [0.2, 0.25) is 0 Å². The molecule has 132 valence electrons. The van der Waals surface area contributed by atoms with Gasteiger partial charge in [0.1, 0.15) is 5.82 Å². The largest absolute Gasteiger partial charge is 0.298 e. The van der Waals surface area contributed by atoms with E-state index in [1.807, 2.05) is 11.9 Å². The first kappa shape index (κ1) is 17.7. The van der Waals surface area contributed by atoms with Crippen molar-refractivity contribution in [2.45, 2.75) is 0 Å². The van der Waals surface area contributed by atoms with Crippen LogP contribution in [0.4, 0.5) is 10.1 Å². The van der Waals surface area contributed by atoms with Crippen LogP contribution in [-0.2, 0) is 4.79 Å². The van der Waals surface area contributed by atoms with Gasteiger partial charge >= 0.3 is 0 Å². The number of nitro groups is 1. The van der Waals surface area contributed by atoms with Crippen molar-refractivity contribution in [2.24, 2.45) is 0 Å². The lowest BCUT2D eigenvalue weighted by Gasteiger charge is -2.26. The Morgan fingerprint density at radius 1 is 1.08 bits per heavy atom. The molecule has 0 amide bonds. The third-order valence-electron chi connectivity index (χ3n) is 4.12. The number of nitro benzene ring substituents is 1. The molecule has 0 spiro atoms. The normalized spacial score (nSPS) is 18.5. The number of non-ortho nitro benzene ring substituents is 1. The van der Waals surface area contributed by atoms with Crippen molar-refractivity contribution in [3.05, 3.63) is 86.7 Å². The van der Waals surface area contributed by atoms with E-state index in [2.05, 4.69) is 0 Å². The number of likely N-dealkylation sites (tertiary alicyclic amines) is 1. The van der Waals surface area contributed by atoms with Crippen molar-refractivity contribution in [2.75, 3.05) is 20.1 Å². The fourth-order valence-corrected chi connectivity index (χ4v) is 2.92. The number of carbonyl (C=O) groups is 1. The molecule has 2 aromatic carbocycles. The maximum atomic E-state index is 13.9. The van der Waals surface area contributed by atoms with Gasteiger partial charge in [-0.15, -0.1) is 0 Å². The summed E-state index contributed by atoms with van der Waals surface area (Å²) in [7, 11) is 1.86. The highest BCUT2D eigenvalue weighted by molar-refractivity contribution is 6.14. The maximum absolute atomic E-state index is 13.9. The van der Waals surface area contributed by atoms with Gasteiger partial charge in [0.25, 0.3) is 5.69 Å². The van der Waals surface area contributed by atoms with Crippen LogP contribution in [0, 0.1) is 15.9 Å². The molecule has 1 saturated heterocycles. The van der Waals surface area contributed by atoms with E-state index in [9.17, 15) is 19.3 Å². The van der Waals surface area contributed by atoms with E-state index >= 15 is 0 Å². The van der Waals surface area contributed by atoms with E-state index in [4.69, 9.17) is 0 Å². The minimum Gasteiger partial charge on any atom is -0.298 e. The summed E-state index contributed by atoms with van der Waals surface area (Å²) in [6.45, 7) is 0.843. The van der Waals surface area contributed by atoms with Crippen LogP contribution in [0.1, 0.15) is 11.1 Å². The minimum atomic E-state index is -0.472. The maximum Gasteiger partial charge on any atom is 0.270 e. The lowest BCUT2D eigenvalue weighted by Crippen LogP contribution is -2.34. The van der Waals surface area contributed by atoms with E-state index in [0.717, 1.165) is 0 Å². The van der Waals surface area contributed by atoms with Crippen LogP contribution in [0.25, 0.3) is 12.2 Å². The zero-order valence-electron chi connectivity index (χ0n) is 14.2. The summed E-state index contributed by atoms with van der Waals surface area (Å²) in [6, 6.07) is 12.4. The number of rotatable bonds is 3. The topological polar surface area (TPSA) is 63.4 Å². The first-order chi connectivity index (χ1) is 12.4. The van der Waals surface area contributed by atoms with Gasteiger partial charge in [0.15, 0.2) is 5.78 Å². The molecule has 0 aromatic heterocycles. The molecule has 0 aliphatic carbocycles. The molecule has 26 heavy (non-hydrogen) atoms. The number of hydrogen-bond acceptors (Lipinski definition) is 4. The number of likely N-dealkylation sites (N-methyl/N-ethyl adjacent to an activating group) is 1. The van der Waals surface area contributed by atoms with E-state index in [1.165, 1.54) is 18.2 Å². The van der Waals surface area contributed by atoms with Crippen LogP contribution in [0.15, 0.2) is 59.7 Å². The average Bonchev–Trinajstić information content (AvgIpc) is 2.61. The molecule has 0 atom stereocenters. The van der Waals surface area contributed by atoms with Gasteiger partial charge in [-0.05, 0) is 30.8 Å². The van der Waals surface area contributed by atoms with E-state index in [1.54, 1.807) is 42.5 Å². The molecule has 0 bridgehead atoms. The second-order valence-electron chi connectivity index (χ2n) is 6.21. The third kappa shape index (κ3) is 3.92. The molecule has 0 unspecified atom stereocenters. The molecule has 5 nitrogen and oxygen atoms in total. The van der Waals surface area contributed by atoms with Crippen molar-refractivity contribution in [1.29, 1.82) is 0 Å². The van der Waals surface area contributed by atoms with Crippen LogP contribution in [-0.4, -0.2) is 35.7 Å². The Hall–Kier alpha value is -3.12. The van der Waals surface area contributed by atoms with Gasteiger partial charge in [0, 0.05) is 41.9 Å². The van der Waals surface area contributed by atoms with Crippen LogP contribution in [0.5, 0.6) is 0 Å². The molecule has 0 radical (unpaired) electrons. The van der Waals surface area contributed by atoms with Crippen molar-refractivity contribution >= 4 is 23.6 Å². The number of halogens is 1. The average molecular weight is 352 g/mol. The predicted molar refractivity (Wildman–Crippen MR) is 98.0 cm³/mol. The second kappa shape index (κ2) is 7.41. The van der Waals surface area contributed by atoms with E-state index in [-0.39, 0.29) is 17.3 Å². The number of hydrogen-bond donors (Lipinski definition) is 0. The quantitative estimate of drug-likeness (QED) is 0.480. The molecule has 3 rings (SSSR count).